The number of hydrogen-bond acceptors (Lipinski definition) is 2. The molecule has 0 saturated heterocycles. The summed E-state index contributed by atoms with van der Waals surface area (Å²) in [6.07, 6.45) is 0. The van der Waals surface area contributed by atoms with E-state index < -0.39 is 0 Å². The van der Waals surface area contributed by atoms with E-state index in [0.717, 1.165) is 16.9 Å². The number of halogens is 3. The summed E-state index contributed by atoms with van der Waals surface area (Å²) in [6, 6.07) is 11.0. The quantitative estimate of drug-likeness (QED) is 0.683. The minimum atomic E-state index is 0.0130. The van der Waals surface area contributed by atoms with E-state index >= 15 is 0 Å². The fraction of sp³-hybridized carbons (Fsp3) is 0.333. The molecule has 0 radical (unpaired) electrons. The van der Waals surface area contributed by atoms with Crippen LogP contribution in [0.1, 0.15) is 31.9 Å². The van der Waals surface area contributed by atoms with E-state index in [9.17, 15) is 0 Å². The molecule has 0 atom stereocenters. The van der Waals surface area contributed by atoms with Gasteiger partial charge in [0.15, 0.2) is 0 Å². The fourth-order valence-corrected chi connectivity index (χ4v) is 2.64. The summed E-state index contributed by atoms with van der Waals surface area (Å²) in [5.41, 5.74) is 1.91. The van der Waals surface area contributed by atoms with Gasteiger partial charge in [-0.2, -0.15) is 0 Å². The second-order valence-electron chi connectivity index (χ2n) is 6.38. The van der Waals surface area contributed by atoms with Crippen molar-refractivity contribution in [1.82, 2.24) is 5.32 Å². The van der Waals surface area contributed by atoms with Crippen molar-refractivity contribution in [1.29, 1.82) is 0 Å². The van der Waals surface area contributed by atoms with Gasteiger partial charge in [0.05, 0.1) is 0 Å². The molecule has 0 aromatic heterocycles. The molecule has 0 bridgehead atoms. The number of ether oxygens (including phenoxy) is 1. The van der Waals surface area contributed by atoms with Gasteiger partial charge in [-0.15, -0.1) is 0 Å². The van der Waals surface area contributed by atoms with Gasteiger partial charge in [0.1, 0.15) is 12.4 Å². The molecule has 0 unspecified atom stereocenters. The zero-order chi connectivity index (χ0) is 17.0. The van der Waals surface area contributed by atoms with Crippen LogP contribution in [0, 0.1) is 0 Å². The molecule has 5 heteroatoms. The summed E-state index contributed by atoms with van der Waals surface area (Å²) in [4.78, 5) is 0. The van der Waals surface area contributed by atoms with Gasteiger partial charge in [-0.3, -0.25) is 0 Å². The van der Waals surface area contributed by atoms with Crippen LogP contribution in [0.25, 0.3) is 0 Å². The molecular weight excluding hydrogens is 353 g/mol. The van der Waals surface area contributed by atoms with E-state index in [4.69, 9.17) is 39.5 Å². The summed E-state index contributed by atoms with van der Waals surface area (Å²) in [6.45, 7) is 7.40. The first-order chi connectivity index (χ1) is 10.7. The molecule has 2 rings (SSSR count). The third kappa shape index (κ3) is 5.89. The topological polar surface area (TPSA) is 21.3 Å². The van der Waals surface area contributed by atoms with Crippen LogP contribution in [0.15, 0.2) is 36.4 Å². The average molecular weight is 373 g/mol. The van der Waals surface area contributed by atoms with Crippen LogP contribution in [0.5, 0.6) is 5.75 Å². The van der Waals surface area contributed by atoms with Crippen molar-refractivity contribution in [2.24, 2.45) is 0 Å². The third-order valence-electron chi connectivity index (χ3n) is 3.23. The summed E-state index contributed by atoms with van der Waals surface area (Å²) in [5.74, 6) is 0.789. The first-order valence-electron chi connectivity index (χ1n) is 7.35. The monoisotopic (exact) mass is 371 g/mol. The largest absolute Gasteiger partial charge is 0.489 e. The van der Waals surface area contributed by atoms with Gasteiger partial charge in [0.25, 0.3) is 0 Å². The fourth-order valence-electron chi connectivity index (χ4n) is 1.98. The number of benzene rings is 2. The standard InChI is InChI=1S/C18H20Cl3NO/c1-18(2,3)22-10-13-8-14(19)6-7-17(13)23-11-12-4-5-15(20)9-16(12)21/h4-9,22H,10-11H2,1-3H3. The highest BCUT2D eigenvalue weighted by molar-refractivity contribution is 6.35. The lowest BCUT2D eigenvalue weighted by atomic mass is 10.1. The molecule has 23 heavy (non-hydrogen) atoms. The second-order valence-corrected chi connectivity index (χ2v) is 7.66. The van der Waals surface area contributed by atoms with Gasteiger partial charge in [0, 0.05) is 38.3 Å². The normalized spacial score (nSPS) is 11.6. The van der Waals surface area contributed by atoms with E-state index in [-0.39, 0.29) is 5.54 Å². The smallest absolute Gasteiger partial charge is 0.124 e. The van der Waals surface area contributed by atoms with Crippen molar-refractivity contribution < 1.29 is 4.74 Å². The SMILES string of the molecule is CC(C)(C)NCc1cc(Cl)ccc1OCc1ccc(Cl)cc1Cl. The summed E-state index contributed by atoms with van der Waals surface area (Å²) < 4.78 is 5.94. The van der Waals surface area contributed by atoms with Gasteiger partial charge in [-0.25, -0.2) is 0 Å². The van der Waals surface area contributed by atoms with E-state index in [2.05, 4.69) is 26.1 Å². The van der Waals surface area contributed by atoms with E-state index in [1.165, 1.54) is 0 Å². The summed E-state index contributed by atoms with van der Waals surface area (Å²) in [7, 11) is 0. The van der Waals surface area contributed by atoms with Crippen molar-refractivity contribution in [3.63, 3.8) is 0 Å². The van der Waals surface area contributed by atoms with Crippen LogP contribution in [0.2, 0.25) is 15.1 Å². The average Bonchev–Trinajstić information content (AvgIpc) is 2.45. The first-order valence-corrected chi connectivity index (χ1v) is 8.48. The molecule has 0 aliphatic carbocycles. The Labute approximate surface area is 152 Å². The summed E-state index contributed by atoms with van der Waals surface area (Å²) >= 11 is 18.2. The molecule has 0 aliphatic heterocycles. The molecule has 0 heterocycles. The lowest BCUT2D eigenvalue weighted by Gasteiger charge is -2.22. The van der Waals surface area contributed by atoms with Gasteiger partial charge in [0.2, 0.25) is 0 Å². The van der Waals surface area contributed by atoms with Crippen LogP contribution in [-0.2, 0) is 13.2 Å². The molecular formula is C18H20Cl3NO. The molecule has 0 spiro atoms. The van der Waals surface area contributed by atoms with Gasteiger partial charge < -0.3 is 10.1 Å². The van der Waals surface area contributed by atoms with Crippen molar-refractivity contribution in [2.45, 2.75) is 39.5 Å². The maximum atomic E-state index is 6.18. The molecule has 2 aromatic rings. The van der Waals surface area contributed by atoms with Gasteiger partial charge in [-0.1, -0.05) is 40.9 Å². The Bertz CT molecular complexity index is 680. The molecule has 1 N–H and O–H groups in total. The van der Waals surface area contributed by atoms with Crippen molar-refractivity contribution >= 4 is 34.8 Å². The van der Waals surface area contributed by atoms with E-state index in [0.29, 0.717) is 28.2 Å². The molecule has 2 aromatic carbocycles. The molecule has 0 amide bonds. The zero-order valence-electron chi connectivity index (χ0n) is 13.4. The van der Waals surface area contributed by atoms with Crippen LogP contribution in [0.4, 0.5) is 0 Å². The van der Waals surface area contributed by atoms with Crippen LogP contribution < -0.4 is 10.1 Å². The molecule has 2 nitrogen and oxygen atoms in total. The second kappa shape index (κ2) is 7.76. The molecule has 0 aliphatic rings. The maximum Gasteiger partial charge on any atom is 0.124 e. The molecule has 0 fully saturated rings. The predicted molar refractivity (Wildman–Crippen MR) is 98.8 cm³/mol. The highest BCUT2D eigenvalue weighted by Gasteiger charge is 2.12. The molecule has 124 valence electrons. The lowest BCUT2D eigenvalue weighted by molar-refractivity contribution is 0.300. The number of hydrogen-bond donors (Lipinski definition) is 1. The van der Waals surface area contributed by atoms with Crippen molar-refractivity contribution in [2.75, 3.05) is 0 Å². The number of rotatable bonds is 5. The Morgan fingerprint density at radius 3 is 2.22 bits per heavy atom. The van der Waals surface area contributed by atoms with E-state index in [1.54, 1.807) is 12.1 Å². The Hall–Kier alpha value is -0.930. The first kappa shape index (κ1) is 18.4. The third-order valence-corrected chi connectivity index (χ3v) is 4.05. The Balaban J connectivity index is 2.12. The maximum absolute atomic E-state index is 6.18. The van der Waals surface area contributed by atoms with Gasteiger partial charge >= 0.3 is 0 Å². The summed E-state index contributed by atoms with van der Waals surface area (Å²) in [5, 5.41) is 5.34. The minimum Gasteiger partial charge on any atom is -0.489 e. The predicted octanol–water partition coefficient (Wildman–Crippen LogP) is 6.11. The van der Waals surface area contributed by atoms with Crippen molar-refractivity contribution in [3.05, 3.63) is 62.6 Å². The van der Waals surface area contributed by atoms with Crippen LogP contribution in [0.3, 0.4) is 0 Å². The zero-order valence-corrected chi connectivity index (χ0v) is 15.7. The Morgan fingerprint density at radius 1 is 0.913 bits per heavy atom. The Morgan fingerprint density at radius 2 is 1.57 bits per heavy atom. The lowest BCUT2D eigenvalue weighted by Crippen LogP contribution is -2.35. The van der Waals surface area contributed by atoms with Gasteiger partial charge in [-0.05, 0) is 51.1 Å². The van der Waals surface area contributed by atoms with Crippen LogP contribution in [-0.4, -0.2) is 5.54 Å². The minimum absolute atomic E-state index is 0.0130. The van der Waals surface area contributed by atoms with Crippen molar-refractivity contribution in [3.8, 4) is 5.75 Å². The molecule has 0 saturated carbocycles. The Kier molecular flexibility index (Phi) is 6.21. The highest BCUT2D eigenvalue weighted by atomic mass is 35.5. The number of nitrogens with one attached hydrogen (secondary N) is 1. The highest BCUT2D eigenvalue weighted by Crippen LogP contribution is 2.26. The van der Waals surface area contributed by atoms with E-state index in [1.807, 2.05) is 24.3 Å². The van der Waals surface area contributed by atoms with Crippen LogP contribution >= 0.6 is 34.8 Å².